The van der Waals surface area contributed by atoms with Gasteiger partial charge in [0.1, 0.15) is 11.5 Å². The molecule has 0 unspecified atom stereocenters. The molecule has 0 saturated carbocycles. The molecular formula is C18H15NOS. The number of hydrogen-bond acceptors (Lipinski definition) is 3. The maximum Gasteiger partial charge on any atom is 0.127 e. The van der Waals surface area contributed by atoms with Crippen molar-refractivity contribution >= 4 is 11.8 Å². The van der Waals surface area contributed by atoms with E-state index in [1.807, 2.05) is 66.9 Å². The fourth-order valence-corrected chi connectivity index (χ4v) is 2.72. The lowest BCUT2D eigenvalue weighted by Crippen LogP contribution is -1.87. The van der Waals surface area contributed by atoms with Crippen molar-refractivity contribution in [1.29, 1.82) is 0 Å². The average Bonchev–Trinajstić information content (AvgIpc) is 2.55. The van der Waals surface area contributed by atoms with Crippen molar-refractivity contribution in [3.63, 3.8) is 0 Å². The van der Waals surface area contributed by atoms with Crippen molar-refractivity contribution in [3.05, 3.63) is 84.6 Å². The van der Waals surface area contributed by atoms with Gasteiger partial charge in [0.05, 0.1) is 5.03 Å². The van der Waals surface area contributed by atoms with Gasteiger partial charge in [-0.2, -0.15) is 0 Å². The summed E-state index contributed by atoms with van der Waals surface area (Å²) in [6, 6.07) is 24.0. The molecule has 0 amide bonds. The molecule has 104 valence electrons. The van der Waals surface area contributed by atoms with Crippen LogP contribution >= 0.6 is 11.8 Å². The summed E-state index contributed by atoms with van der Waals surface area (Å²) >= 11 is 1.72. The Morgan fingerprint density at radius 2 is 1.62 bits per heavy atom. The fourth-order valence-electron chi connectivity index (χ4n) is 1.91. The zero-order chi connectivity index (χ0) is 14.3. The van der Waals surface area contributed by atoms with E-state index in [1.54, 1.807) is 11.8 Å². The van der Waals surface area contributed by atoms with Gasteiger partial charge in [-0.05, 0) is 42.0 Å². The van der Waals surface area contributed by atoms with Crippen LogP contribution in [0, 0.1) is 0 Å². The molecule has 3 aromatic rings. The van der Waals surface area contributed by atoms with E-state index in [9.17, 15) is 0 Å². The molecule has 0 atom stereocenters. The van der Waals surface area contributed by atoms with Crippen LogP contribution in [0.1, 0.15) is 5.56 Å². The molecule has 1 aromatic heterocycles. The van der Waals surface area contributed by atoms with Gasteiger partial charge in [-0.25, -0.2) is 4.98 Å². The minimum atomic E-state index is 0.854. The summed E-state index contributed by atoms with van der Waals surface area (Å²) in [7, 11) is 0. The zero-order valence-electron chi connectivity index (χ0n) is 11.5. The summed E-state index contributed by atoms with van der Waals surface area (Å²) in [6.45, 7) is 0. The molecule has 0 aliphatic carbocycles. The first-order valence-electron chi connectivity index (χ1n) is 6.76. The van der Waals surface area contributed by atoms with E-state index in [-0.39, 0.29) is 0 Å². The van der Waals surface area contributed by atoms with Gasteiger partial charge in [-0.3, -0.25) is 0 Å². The van der Waals surface area contributed by atoms with Gasteiger partial charge in [0.2, 0.25) is 0 Å². The van der Waals surface area contributed by atoms with Gasteiger partial charge in [-0.1, -0.05) is 36.4 Å². The average molecular weight is 293 g/mol. The quantitative estimate of drug-likeness (QED) is 0.606. The highest BCUT2D eigenvalue weighted by Gasteiger charge is 2.00. The molecule has 1 heterocycles. The lowest BCUT2D eigenvalue weighted by molar-refractivity contribution is 0.482. The summed E-state index contributed by atoms with van der Waals surface area (Å²) in [5, 5.41) is 1.03. The topological polar surface area (TPSA) is 22.1 Å². The van der Waals surface area contributed by atoms with Crippen molar-refractivity contribution < 1.29 is 4.74 Å². The number of pyridine rings is 1. The fraction of sp³-hybridized carbons (Fsp3) is 0.0556. The lowest BCUT2D eigenvalue weighted by atomic mass is 10.2. The summed E-state index contributed by atoms with van der Waals surface area (Å²) in [5.41, 5.74) is 1.22. The van der Waals surface area contributed by atoms with Crippen LogP contribution in [0.5, 0.6) is 11.5 Å². The van der Waals surface area contributed by atoms with Crippen molar-refractivity contribution in [3.8, 4) is 11.5 Å². The number of ether oxygens (including phenoxy) is 1. The van der Waals surface area contributed by atoms with Crippen LogP contribution in [-0.2, 0) is 5.75 Å². The Hall–Kier alpha value is -2.26. The van der Waals surface area contributed by atoms with Gasteiger partial charge < -0.3 is 4.74 Å². The van der Waals surface area contributed by atoms with Crippen LogP contribution in [0.3, 0.4) is 0 Å². The molecule has 0 aliphatic rings. The molecule has 0 spiro atoms. The second-order valence-corrected chi connectivity index (χ2v) is 5.51. The van der Waals surface area contributed by atoms with Crippen LogP contribution in [0.25, 0.3) is 0 Å². The molecule has 0 fully saturated rings. The van der Waals surface area contributed by atoms with Gasteiger partial charge in [0.25, 0.3) is 0 Å². The predicted molar refractivity (Wildman–Crippen MR) is 86.8 cm³/mol. The van der Waals surface area contributed by atoms with E-state index in [4.69, 9.17) is 4.74 Å². The smallest absolute Gasteiger partial charge is 0.127 e. The lowest BCUT2D eigenvalue weighted by Gasteiger charge is -2.07. The highest BCUT2D eigenvalue weighted by molar-refractivity contribution is 7.98. The molecule has 21 heavy (non-hydrogen) atoms. The van der Waals surface area contributed by atoms with Crippen molar-refractivity contribution in [2.24, 2.45) is 0 Å². The SMILES string of the molecule is c1ccc(Oc2cccc(CSc3ccccn3)c2)cc1. The van der Waals surface area contributed by atoms with Crippen LogP contribution in [0.2, 0.25) is 0 Å². The van der Waals surface area contributed by atoms with Crippen LogP contribution in [-0.4, -0.2) is 4.98 Å². The second kappa shape index (κ2) is 6.95. The highest BCUT2D eigenvalue weighted by Crippen LogP contribution is 2.25. The van der Waals surface area contributed by atoms with Gasteiger partial charge in [0.15, 0.2) is 0 Å². The molecule has 2 aromatic carbocycles. The Morgan fingerprint density at radius 1 is 0.810 bits per heavy atom. The van der Waals surface area contributed by atoms with Gasteiger partial charge in [0, 0.05) is 11.9 Å². The Morgan fingerprint density at radius 3 is 2.43 bits per heavy atom. The van der Waals surface area contributed by atoms with E-state index in [1.165, 1.54) is 5.56 Å². The normalized spacial score (nSPS) is 10.3. The Kier molecular flexibility index (Phi) is 4.54. The minimum absolute atomic E-state index is 0.854. The number of benzene rings is 2. The molecule has 3 heteroatoms. The van der Waals surface area contributed by atoms with E-state index in [2.05, 4.69) is 17.1 Å². The summed E-state index contributed by atoms with van der Waals surface area (Å²) < 4.78 is 5.85. The molecule has 0 N–H and O–H groups in total. The standard InChI is InChI=1S/C18H15NOS/c1-2-8-16(9-3-1)20-17-10-6-7-15(13-17)14-21-18-11-4-5-12-19-18/h1-13H,14H2. The first-order valence-corrected chi connectivity index (χ1v) is 7.74. The van der Waals surface area contributed by atoms with E-state index >= 15 is 0 Å². The molecule has 2 nitrogen and oxygen atoms in total. The Balaban J connectivity index is 1.66. The number of nitrogens with zero attached hydrogens (tertiary/aromatic N) is 1. The third-order valence-electron chi connectivity index (χ3n) is 2.90. The van der Waals surface area contributed by atoms with Crippen LogP contribution < -0.4 is 4.74 Å². The maximum absolute atomic E-state index is 5.85. The minimum Gasteiger partial charge on any atom is -0.457 e. The van der Waals surface area contributed by atoms with Crippen molar-refractivity contribution in [2.75, 3.05) is 0 Å². The largest absolute Gasteiger partial charge is 0.457 e. The summed E-state index contributed by atoms with van der Waals surface area (Å²) in [4.78, 5) is 4.32. The van der Waals surface area contributed by atoms with Gasteiger partial charge in [-0.15, -0.1) is 11.8 Å². The van der Waals surface area contributed by atoms with Crippen molar-refractivity contribution in [2.45, 2.75) is 10.8 Å². The van der Waals surface area contributed by atoms with E-state index < -0.39 is 0 Å². The maximum atomic E-state index is 5.85. The van der Waals surface area contributed by atoms with E-state index in [0.717, 1.165) is 22.3 Å². The Bertz CT molecular complexity index is 686. The Labute approximate surface area is 128 Å². The van der Waals surface area contributed by atoms with Gasteiger partial charge >= 0.3 is 0 Å². The summed E-state index contributed by atoms with van der Waals surface area (Å²) in [5.74, 6) is 2.59. The number of para-hydroxylation sites is 1. The third-order valence-corrected chi connectivity index (χ3v) is 3.92. The number of thioether (sulfide) groups is 1. The molecular weight excluding hydrogens is 278 g/mol. The zero-order valence-corrected chi connectivity index (χ0v) is 12.3. The van der Waals surface area contributed by atoms with Crippen LogP contribution in [0.4, 0.5) is 0 Å². The number of hydrogen-bond donors (Lipinski definition) is 0. The molecule has 0 saturated heterocycles. The molecule has 0 aliphatic heterocycles. The van der Waals surface area contributed by atoms with Crippen LogP contribution in [0.15, 0.2) is 84.0 Å². The summed E-state index contributed by atoms with van der Waals surface area (Å²) in [6.07, 6.45) is 1.82. The highest BCUT2D eigenvalue weighted by atomic mass is 32.2. The molecule has 0 bridgehead atoms. The number of aromatic nitrogens is 1. The third kappa shape index (κ3) is 4.10. The monoisotopic (exact) mass is 293 g/mol. The first-order chi connectivity index (χ1) is 10.4. The molecule has 0 radical (unpaired) electrons. The van der Waals surface area contributed by atoms with E-state index in [0.29, 0.717) is 0 Å². The van der Waals surface area contributed by atoms with Crippen molar-refractivity contribution in [1.82, 2.24) is 4.98 Å². The second-order valence-electron chi connectivity index (χ2n) is 4.52. The predicted octanol–water partition coefficient (Wildman–Crippen LogP) is 5.17. The first kappa shape index (κ1) is 13.7. The molecule has 3 rings (SSSR count). The number of rotatable bonds is 5.